The molecule has 10 nitrogen and oxygen atoms in total. The molecule has 2 aromatic rings. The molecule has 0 aliphatic carbocycles. The quantitative estimate of drug-likeness (QED) is 0.674. The first-order valence-corrected chi connectivity index (χ1v) is 12.1. The van der Waals surface area contributed by atoms with E-state index in [-0.39, 0.29) is 5.24 Å². The maximum atomic E-state index is 11.8. The largest absolute Gasteiger partial charge is 0.355 e. The molecule has 3 fully saturated rings. The predicted molar refractivity (Wildman–Crippen MR) is 128 cm³/mol. The summed E-state index contributed by atoms with van der Waals surface area (Å²) in [6.07, 6.45) is 6.61. The van der Waals surface area contributed by atoms with E-state index in [0.29, 0.717) is 10.7 Å². The van der Waals surface area contributed by atoms with Crippen molar-refractivity contribution >= 4 is 46.6 Å². The lowest BCUT2D eigenvalue weighted by Gasteiger charge is -2.25. The van der Waals surface area contributed by atoms with Gasteiger partial charge in [-0.15, -0.1) is 0 Å². The highest BCUT2D eigenvalue weighted by molar-refractivity contribution is 8.18. The third kappa shape index (κ3) is 4.92. The van der Waals surface area contributed by atoms with Crippen molar-refractivity contribution in [2.75, 3.05) is 54.0 Å². The molecule has 2 amide bonds. The Morgan fingerprint density at radius 1 is 0.909 bits per heavy atom. The van der Waals surface area contributed by atoms with Gasteiger partial charge in [0.25, 0.3) is 11.1 Å². The minimum atomic E-state index is -0.405. The Morgan fingerprint density at radius 3 is 2.36 bits per heavy atom. The van der Waals surface area contributed by atoms with Crippen LogP contribution < -0.4 is 20.0 Å². The topological polar surface area (TPSA) is 107 Å². The highest BCUT2D eigenvalue weighted by Gasteiger charge is 2.26. The van der Waals surface area contributed by atoms with Crippen molar-refractivity contribution in [1.82, 2.24) is 25.3 Å². The third-order valence-electron chi connectivity index (χ3n) is 5.92. The number of anilines is 3. The van der Waals surface area contributed by atoms with Crippen molar-refractivity contribution in [3.63, 3.8) is 0 Å². The number of imide groups is 1. The summed E-state index contributed by atoms with van der Waals surface area (Å²) < 4.78 is 0. The van der Waals surface area contributed by atoms with E-state index >= 15 is 0 Å². The normalized spacial score (nSPS) is 20.5. The molecule has 5 rings (SSSR count). The summed E-state index contributed by atoms with van der Waals surface area (Å²) in [4.78, 5) is 48.8. The molecule has 33 heavy (non-hydrogen) atoms. The predicted octanol–water partition coefficient (Wildman–Crippen LogP) is 2.22. The van der Waals surface area contributed by atoms with Crippen LogP contribution in [0.15, 0.2) is 23.2 Å². The summed E-state index contributed by atoms with van der Waals surface area (Å²) in [6.45, 7) is 7.47. The van der Waals surface area contributed by atoms with Crippen molar-refractivity contribution in [2.24, 2.45) is 0 Å². The van der Waals surface area contributed by atoms with E-state index < -0.39 is 5.91 Å². The number of amides is 2. The van der Waals surface area contributed by atoms with Crippen molar-refractivity contribution in [3.8, 4) is 0 Å². The van der Waals surface area contributed by atoms with Gasteiger partial charge in [-0.05, 0) is 44.0 Å². The van der Waals surface area contributed by atoms with Crippen LogP contribution in [-0.2, 0) is 4.79 Å². The van der Waals surface area contributed by atoms with Crippen LogP contribution in [0, 0.1) is 6.92 Å². The number of aryl methyl sites for hydroxylation is 1. The van der Waals surface area contributed by atoms with Crippen LogP contribution in [0.3, 0.4) is 0 Å². The SMILES string of the molecule is Cc1cc(N2CCCN(c3ccnc(/C=C4\SC(=O)NC4=O)n3)CC2)nc(N2CCCC2)n1. The van der Waals surface area contributed by atoms with Gasteiger partial charge < -0.3 is 14.7 Å². The zero-order valence-corrected chi connectivity index (χ0v) is 19.3. The third-order valence-corrected chi connectivity index (χ3v) is 6.73. The number of rotatable bonds is 4. The number of hydrogen-bond donors (Lipinski definition) is 1. The zero-order valence-electron chi connectivity index (χ0n) is 18.5. The Morgan fingerprint density at radius 2 is 1.64 bits per heavy atom. The van der Waals surface area contributed by atoms with Crippen LogP contribution >= 0.6 is 11.8 Å². The van der Waals surface area contributed by atoms with Crippen LogP contribution in [0.25, 0.3) is 6.08 Å². The summed E-state index contributed by atoms with van der Waals surface area (Å²) in [5.74, 6) is 2.64. The fraction of sp³-hybridized carbons (Fsp3) is 0.455. The van der Waals surface area contributed by atoms with Crippen LogP contribution in [0.2, 0.25) is 0 Å². The Hall–Kier alpha value is -3.21. The van der Waals surface area contributed by atoms with Crippen LogP contribution in [0.5, 0.6) is 0 Å². The molecule has 0 aromatic carbocycles. The van der Waals surface area contributed by atoms with Gasteiger partial charge in [-0.25, -0.2) is 15.0 Å². The van der Waals surface area contributed by atoms with Gasteiger partial charge in [0.15, 0.2) is 5.82 Å². The summed E-state index contributed by atoms with van der Waals surface area (Å²) in [5, 5.41) is 1.88. The Kier molecular flexibility index (Phi) is 6.12. The molecule has 0 unspecified atom stereocenters. The molecular formula is C22H26N8O2S. The smallest absolute Gasteiger partial charge is 0.290 e. The summed E-state index contributed by atoms with van der Waals surface area (Å²) >= 11 is 0.868. The molecule has 11 heteroatoms. The molecule has 2 aromatic heterocycles. The van der Waals surface area contributed by atoms with Crippen molar-refractivity contribution < 1.29 is 9.59 Å². The summed E-state index contributed by atoms with van der Waals surface area (Å²) in [5.41, 5.74) is 0.990. The highest BCUT2D eigenvalue weighted by Crippen LogP contribution is 2.26. The molecular weight excluding hydrogens is 440 g/mol. The number of thioether (sulfide) groups is 1. The van der Waals surface area contributed by atoms with Gasteiger partial charge in [0.2, 0.25) is 5.95 Å². The number of nitrogens with zero attached hydrogens (tertiary/aromatic N) is 7. The van der Waals surface area contributed by atoms with Crippen LogP contribution in [0.4, 0.5) is 22.4 Å². The van der Waals surface area contributed by atoms with Crippen molar-refractivity contribution in [2.45, 2.75) is 26.2 Å². The minimum Gasteiger partial charge on any atom is -0.355 e. The second kappa shape index (κ2) is 9.34. The van der Waals surface area contributed by atoms with E-state index in [1.807, 2.05) is 13.0 Å². The van der Waals surface area contributed by atoms with Gasteiger partial charge in [0.05, 0.1) is 4.91 Å². The average Bonchev–Trinajstić information content (AvgIpc) is 3.36. The lowest BCUT2D eigenvalue weighted by Crippen LogP contribution is -2.32. The molecule has 0 saturated carbocycles. The fourth-order valence-corrected chi connectivity index (χ4v) is 4.93. The first-order chi connectivity index (χ1) is 16.0. The van der Waals surface area contributed by atoms with Gasteiger partial charge in [-0.3, -0.25) is 14.9 Å². The van der Waals surface area contributed by atoms with E-state index in [1.54, 1.807) is 12.3 Å². The van der Waals surface area contributed by atoms with E-state index in [9.17, 15) is 9.59 Å². The van der Waals surface area contributed by atoms with E-state index in [1.165, 1.54) is 12.8 Å². The lowest BCUT2D eigenvalue weighted by molar-refractivity contribution is -0.115. The highest BCUT2D eigenvalue weighted by atomic mass is 32.2. The zero-order chi connectivity index (χ0) is 22.8. The van der Waals surface area contributed by atoms with E-state index in [4.69, 9.17) is 4.98 Å². The van der Waals surface area contributed by atoms with Gasteiger partial charge >= 0.3 is 0 Å². The molecule has 3 aliphatic rings. The monoisotopic (exact) mass is 466 g/mol. The summed E-state index contributed by atoms with van der Waals surface area (Å²) in [7, 11) is 0. The number of hydrogen-bond acceptors (Lipinski definition) is 10. The molecule has 0 atom stereocenters. The molecule has 5 heterocycles. The second-order valence-corrected chi connectivity index (χ2v) is 9.33. The van der Waals surface area contributed by atoms with Gasteiger partial charge in [-0.2, -0.15) is 4.98 Å². The maximum absolute atomic E-state index is 11.8. The van der Waals surface area contributed by atoms with E-state index in [0.717, 1.165) is 80.7 Å². The molecule has 3 aliphatic heterocycles. The van der Waals surface area contributed by atoms with Crippen LogP contribution in [0.1, 0.15) is 30.8 Å². The molecule has 172 valence electrons. The standard InChI is InChI=1S/C22H26N8O2S/c1-15-13-19(26-21(24-15)30-7-2-3-8-30)29-10-4-9-28(11-12-29)18-5-6-23-17(25-18)14-16-20(31)27-22(32)33-16/h5-6,13-14H,2-4,7-12H2,1H3,(H,27,31,32)/b16-14-. The van der Waals surface area contributed by atoms with Crippen molar-refractivity contribution in [1.29, 1.82) is 0 Å². The number of carbonyl (C=O) groups is 2. The van der Waals surface area contributed by atoms with Crippen LogP contribution in [-0.4, -0.2) is 70.4 Å². The maximum Gasteiger partial charge on any atom is 0.290 e. The second-order valence-electron chi connectivity index (χ2n) is 8.31. The first-order valence-electron chi connectivity index (χ1n) is 11.2. The van der Waals surface area contributed by atoms with Crippen molar-refractivity contribution in [3.05, 3.63) is 34.8 Å². The van der Waals surface area contributed by atoms with E-state index in [2.05, 4.69) is 41.0 Å². The van der Waals surface area contributed by atoms with Gasteiger partial charge in [0, 0.05) is 63.3 Å². The molecule has 3 saturated heterocycles. The molecule has 0 bridgehead atoms. The molecule has 1 N–H and O–H groups in total. The van der Waals surface area contributed by atoms with Gasteiger partial charge in [-0.1, -0.05) is 0 Å². The average molecular weight is 467 g/mol. The van der Waals surface area contributed by atoms with Gasteiger partial charge in [0.1, 0.15) is 11.6 Å². The number of carbonyl (C=O) groups excluding carboxylic acids is 2. The first kappa shape index (κ1) is 21.6. The molecule has 0 spiro atoms. The Balaban J connectivity index is 1.30. The Bertz CT molecular complexity index is 1100. The minimum absolute atomic E-state index is 0.312. The molecule has 0 radical (unpaired) electrons. The Labute approximate surface area is 196 Å². The summed E-state index contributed by atoms with van der Waals surface area (Å²) in [6, 6.07) is 3.95. The fourth-order valence-electron chi connectivity index (χ4n) is 4.28. The number of aromatic nitrogens is 4. The number of nitrogens with one attached hydrogen (secondary N) is 1. The lowest BCUT2D eigenvalue weighted by atomic mass is 10.3.